The number of hydrogen-bond acceptors (Lipinski definition) is 3. The molecule has 1 amide bonds. The Balaban J connectivity index is 2.43. The molecule has 100 valence electrons. The summed E-state index contributed by atoms with van der Waals surface area (Å²) in [5, 5.41) is 12.1. The van der Waals surface area contributed by atoms with Crippen LogP contribution in [-0.2, 0) is 0 Å². The lowest BCUT2D eigenvalue weighted by Crippen LogP contribution is -2.26. The molecule has 0 bridgehead atoms. The highest BCUT2D eigenvalue weighted by Gasteiger charge is 2.12. The van der Waals surface area contributed by atoms with Gasteiger partial charge < -0.3 is 10.4 Å². The standard InChI is InChI=1S/C12H16Cl2N2O2/c1-8(7-17)3-2-6-15-12(18)11-9(13)4-5-10(14)16-11/h4-5,8,17H,2-3,6-7H2,1H3,(H,15,18). The number of nitrogens with zero attached hydrogens (tertiary/aromatic N) is 1. The summed E-state index contributed by atoms with van der Waals surface area (Å²) in [4.78, 5) is 15.6. The Morgan fingerprint density at radius 1 is 1.50 bits per heavy atom. The molecule has 1 aromatic rings. The van der Waals surface area contributed by atoms with Crippen molar-refractivity contribution in [1.29, 1.82) is 0 Å². The Labute approximate surface area is 116 Å². The summed E-state index contributed by atoms with van der Waals surface area (Å²) in [5.74, 6) is -0.0889. The fourth-order valence-corrected chi connectivity index (χ4v) is 1.74. The Morgan fingerprint density at radius 3 is 2.89 bits per heavy atom. The van der Waals surface area contributed by atoms with Gasteiger partial charge in [0.05, 0.1) is 5.02 Å². The lowest BCUT2D eigenvalue weighted by Gasteiger charge is -2.09. The van der Waals surface area contributed by atoms with Crippen LogP contribution in [-0.4, -0.2) is 29.1 Å². The molecular formula is C12H16Cl2N2O2. The fraction of sp³-hybridized carbons (Fsp3) is 0.500. The van der Waals surface area contributed by atoms with Crippen molar-refractivity contribution in [3.63, 3.8) is 0 Å². The Hall–Kier alpha value is -0.840. The van der Waals surface area contributed by atoms with Gasteiger partial charge in [-0.05, 0) is 30.9 Å². The quantitative estimate of drug-likeness (QED) is 0.625. The molecule has 0 radical (unpaired) electrons. The number of aliphatic hydroxyl groups excluding tert-OH is 1. The molecule has 18 heavy (non-hydrogen) atoms. The molecule has 1 unspecified atom stereocenters. The predicted molar refractivity (Wildman–Crippen MR) is 72.1 cm³/mol. The highest BCUT2D eigenvalue weighted by Crippen LogP contribution is 2.16. The normalized spacial score (nSPS) is 12.2. The van der Waals surface area contributed by atoms with Crippen molar-refractivity contribution >= 4 is 29.1 Å². The minimum atomic E-state index is -0.334. The summed E-state index contributed by atoms with van der Waals surface area (Å²) in [5.41, 5.74) is 0.138. The van der Waals surface area contributed by atoms with Crippen molar-refractivity contribution in [3.05, 3.63) is 28.0 Å². The van der Waals surface area contributed by atoms with Gasteiger partial charge >= 0.3 is 0 Å². The molecule has 0 aliphatic rings. The molecule has 0 saturated heterocycles. The minimum Gasteiger partial charge on any atom is -0.396 e. The summed E-state index contributed by atoms with van der Waals surface area (Å²) < 4.78 is 0. The lowest BCUT2D eigenvalue weighted by molar-refractivity contribution is 0.0947. The molecule has 1 aromatic heterocycles. The first kappa shape index (κ1) is 15.2. The van der Waals surface area contributed by atoms with Gasteiger partial charge in [0.2, 0.25) is 0 Å². The van der Waals surface area contributed by atoms with Gasteiger partial charge in [0.15, 0.2) is 0 Å². The first-order chi connectivity index (χ1) is 8.54. The second-order valence-electron chi connectivity index (χ2n) is 4.15. The van der Waals surface area contributed by atoms with Crippen LogP contribution in [0.25, 0.3) is 0 Å². The highest BCUT2D eigenvalue weighted by atomic mass is 35.5. The van der Waals surface area contributed by atoms with Crippen LogP contribution in [0.5, 0.6) is 0 Å². The summed E-state index contributed by atoms with van der Waals surface area (Å²) in [6.07, 6.45) is 1.65. The van der Waals surface area contributed by atoms with Gasteiger partial charge in [-0.3, -0.25) is 4.79 Å². The monoisotopic (exact) mass is 290 g/mol. The minimum absolute atomic E-state index is 0.138. The average molecular weight is 291 g/mol. The number of amides is 1. The van der Waals surface area contributed by atoms with Gasteiger partial charge in [-0.1, -0.05) is 30.1 Å². The van der Waals surface area contributed by atoms with Crippen molar-refractivity contribution in [3.8, 4) is 0 Å². The number of aromatic nitrogens is 1. The Bertz CT molecular complexity index is 413. The molecule has 0 aliphatic carbocycles. The number of aliphatic hydroxyl groups is 1. The van der Waals surface area contributed by atoms with E-state index >= 15 is 0 Å². The third-order valence-corrected chi connectivity index (χ3v) is 3.01. The number of halogens is 2. The van der Waals surface area contributed by atoms with E-state index in [-0.39, 0.29) is 34.3 Å². The first-order valence-corrected chi connectivity index (χ1v) is 6.51. The molecule has 0 aromatic carbocycles. The zero-order chi connectivity index (χ0) is 13.5. The summed E-state index contributed by atoms with van der Waals surface area (Å²) >= 11 is 11.6. The molecule has 0 aliphatic heterocycles. The fourth-order valence-electron chi connectivity index (χ4n) is 1.41. The van der Waals surface area contributed by atoms with Gasteiger partial charge in [-0.15, -0.1) is 0 Å². The number of pyridine rings is 1. The average Bonchev–Trinajstić information content (AvgIpc) is 2.36. The third-order valence-electron chi connectivity index (χ3n) is 2.50. The van der Waals surface area contributed by atoms with E-state index in [4.69, 9.17) is 28.3 Å². The molecule has 4 nitrogen and oxygen atoms in total. The van der Waals surface area contributed by atoms with Crippen LogP contribution in [0.2, 0.25) is 10.2 Å². The van der Waals surface area contributed by atoms with Gasteiger partial charge in [-0.25, -0.2) is 4.98 Å². The first-order valence-electron chi connectivity index (χ1n) is 5.75. The second kappa shape index (κ2) is 7.56. The Kier molecular flexibility index (Phi) is 6.39. The molecule has 1 rings (SSSR count). The highest BCUT2D eigenvalue weighted by molar-refractivity contribution is 6.34. The van der Waals surface area contributed by atoms with Crippen molar-refractivity contribution in [1.82, 2.24) is 10.3 Å². The van der Waals surface area contributed by atoms with Crippen LogP contribution >= 0.6 is 23.2 Å². The molecule has 0 fully saturated rings. The maximum absolute atomic E-state index is 11.8. The molecule has 0 spiro atoms. The topological polar surface area (TPSA) is 62.2 Å². The molecule has 1 atom stereocenters. The maximum atomic E-state index is 11.8. The molecule has 0 saturated carbocycles. The summed E-state index contributed by atoms with van der Waals surface area (Å²) in [6.45, 7) is 2.64. The number of carbonyl (C=O) groups is 1. The van der Waals surface area contributed by atoms with E-state index in [1.54, 1.807) is 6.07 Å². The smallest absolute Gasteiger partial charge is 0.271 e. The van der Waals surface area contributed by atoms with Gasteiger partial charge in [0.25, 0.3) is 5.91 Å². The third kappa shape index (κ3) is 4.80. The molecular weight excluding hydrogens is 275 g/mol. The van der Waals surface area contributed by atoms with E-state index < -0.39 is 0 Å². The van der Waals surface area contributed by atoms with E-state index in [0.717, 1.165) is 12.8 Å². The SMILES string of the molecule is CC(CO)CCCNC(=O)c1nc(Cl)ccc1Cl. The largest absolute Gasteiger partial charge is 0.396 e. The molecule has 2 N–H and O–H groups in total. The van der Waals surface area contributed by atoms with Gasteiger partial charge in [-0.2, -0.15) is 0 Å². The van der Waals surface area contributed by atoms with Crippen molar-refractivity contribution < 1.29 is 9.90 Å². The van der Waals surface area contributed by atoms with Gasteiger partial charge in [0, 0.05) is 13.2 Å². The lowest BCUT2D eigenvalue weighted by atomic mass is 10.1. The van der Waals surface area contributed by atoms with E-state index in [2.05, 4.69) is 10.3 Å². The van der Waals surface area contributed by atoms with E-state index in [1.165, 1.54) is 6.07 Å². The summed E-state index contributed by atoms with van der Waals surface area (Å²) in [6, 6.07) is 3.07. The van der Waals surface area contributed by atoms with Crippen molar-refractivity contribution in [2.45, 2.75) is 19.8 Å². The van der Waals surface area contributed by atoms with Crippen molar-refractivity contribution in [2.24, 2.45) is 5.92 Å². The zero-order valence-corrected chi connectivity index (χ0v) is 11.6. The van der Waals surface area contributed by atoms with E-state index in [0.29, 0.717) is 6.54 Å². The van der Waals surface area contributed by atoms with Crippen LogP contribution in [0.3, 0.4) is 0 Å². The van der Waals surface area contributed by atoms with Crippen LogP contribution in [0, 0.1) is 5.92 Å². The van der Waals surface area contributed by atoms with E-state index in [1.807, 2.05) is 6.92 Å². The van der Waals surface area contributed by atoms with Crippen molar-refractivity contribution in [2.75, 3.05) is 13.2 Å². The second-order valence-corrected chi connectivity index (χ2v) is 4.94. The number of carbonyl (C=O) groups excluding carboxylic acids is 1. The Morgan fingerprint density at radius 2 is 2.22 bits per heavy atom. The number of nitrogens with one attached hydrogen (secondary N) is 1. The van der Waals surface area contributed by atoms with E-state index in [9.17, 15) is 4.79 Å². The molecule has 1 heterocycles. The predicted octanol–water partition coefficient (Wildman–Crippen LogP) is 2.53. The van der Waals surface area contributed by atoms with Crippen LogP contribution < -0.4 is 5.32 Å². The number of hydrogen-bond donors (Lipinski definition) is 2. The summed E-state index contributed by atoms with van der Waals surface area (Å²) in [7, 11) is 0. The molecule has 6 heteroatoms. The zero-order valence-electron chi connectivity index (χ0n) is 10.1. The van der Waals surface area contributed by atoms with Crippen LogP contribution in [0.4, 0.5) is 0 Å². The van der Waals surface area contributed by atoms with Crippen LogP contribution in [0.1, 0.15) is 30.3 Å². The maximum Gasteiger partial charge on any atom is 0.271 e. The van der Waals surface area contributed by atoms with Gasteiger partial charge in [0.1, 0.15) is 10.8 Å². The van der Waals surface area contributed by atoms with Crippen LogP contribution in [0.15, 0.2) is 12.1 Å². The number of rotatable bonds is 6.